The molecule has 0 N–H and O–H groups in total. The van der Waals surface area contributed by atoms with Gasteiger partial charge in [-0.25, -0.2) is 0 Å². The molecule has 1 saturated carbocycles. The smallest absolute Gasteiger partial charge is 0.310 e. The summed E-state index contributed by atoms with van der Waals surface area (Å²) >= 11 is 0. The lowest BCUT2D eigenvalue weighted by atomic mass is 9.88. The second-order valence-electron chi connectivity index (χ2n) is 9.36. The van der Waals surface area contributed by atoms with Crippen molar-refractivity contribution in [2.24, 2.45) is 23.7 Å². The van der Waals surface area contributed by atoms with Gasteiger partial charge in [-0.1, -0.05) is 25.7 Å². The summed E-state index contributed by atoms with van der Waals surface area (Å²) in [6.07, 6.45) is 8.31. The van der Waals surface area contributed by atoms with Crippen LogP contribution >= 0.6 is 0 Å². The summed E-state index contributed by atoms with van der Waals surface area (Å²) in [5.41, 5.74) is 0. The number of methoxy groups -OCH3 is 2. The molecule has 0 bridgehead atoms. The zero-order valence-electron chi connectivity index (χ0n) is 18.8. The van der Waals surface area contributed by atoms with Crippen molar-refractivity contribution >= 4 is 23.8 Å². The molecule has 8 nitrogen and oxygen atoms in total. The van der Waals surface area contributed by atoms with Gasteiger partial charge in [0.1, 0.15) is 0 Å². The Labute approximate surface area is 184 Å². The highest BCUT2D eigenvalue weighted by Crippen LogP contribution is 2.33. The maximum Gasteiger partial charge on any atom is 0.310 e. The minimum atomic E-state index is -0.328. The zero-order valence-corrected chi connectivity index (χ0v) is 18.8. The van der Waals surface area contributed by atoms with E-state index in [1.54, 1.807) is 0 Å². The van der Waals surface area contributed by atoms with Crippen molar-refractivity contribution < 1.29 is 28.7 Å². The molecule has 0 radical (unpaired) electrons. The van der Waals surface area contributed by atoms with Crippen molar-refractivity contribution in [1.82, 2.24) is 9.80 Å². The first kappa shape index (κ1) is 23.5. The van der Waals surface area contributed by atoms with Gasteiger partial charge < -0.3 is 19.3 Å². The van der Waals surface area contributed by atoms with E-state index >= 15 is 0 Å². The Hall–Kier alpha value is -2.12. The predicted octanol–water partition coefficient (Wildman–Crippen LogP) is 2.01. The summed E-state index contributed by atoms with van der Waals surface area (Å²) in [5, 5.41) is 0. The van der Waals surface area contributed by atoms with Crippen LogP contribution in [0.4, 0.5) is 0 Å². The Balaban J connectivity index is 1.43. The van der Waals surface area contributed by atoms with Crippen LogP contribution in [-0.4, -0.2) is 74.0 Å². The Morgan fingerprint density at radius 2 is 1.23 bits per heavy atom. The third-order valence-electron chi connectivity index (χ3n) is 7.25. The van der Waals surface area contributed by atoms with Gasteiger partial charge >= 0.3 is 11.9 Å². The molecule has 4 atom stereocenters. The molecule has 4 unspecified atom stereocenters. The maximum atomic E-state index is 12.2. The molecule has 3 fully saturated rings. The molecule has 2 aliphatic heterocycles. The molecule has 31 heavy (non-hydrogen) atoms. The molecule has 0 aromatic rings. The average molecular weight is 437 g/mol. The molecule has 8 heteroatoms. The molecular formula is C23H36N2O6. The molecule has 3 aliphatic rings. The summed E-state index contributed by atoms with van der Waals surface area (Å²) in [4.78, 5) is 51.5. The molecule has 0 aromatic carbocycles. The van der Waals surface area contributed by atoms with Crippen molar-refractivity contribution in [2.75, 3.05) is 40.4 Å². The van der Waals surface area contributed by atoms with Gasteiger partial charge in [-0.15, -0.1) is 0 Å². The number of ether oxygens (including phenoxy) is 2. The third kappa shape index (κ3) is 6.20. The highest BCUT2D eigenvalue weighted by atomic mass is 16.5. The van der Waals surface area contributed by atoms with Crippen LogP contribution in [0, 0.1) is 23.7 Å². The van der Waals surface area contributed by atoms with Crippen LogP contribution in [0.2, 0.25) is 0 Å². The highest BCUT2D eigenvalue weighted by molar-refractivity contribution is 5.87. The number of hydrogen-bond acceptors (Lipinski definition) is 6. The van der Waals surface area contributed by atoms with E-state index in [1.807, 2.05) is 9.80 Å². The Bertz CT molecular complexity index is 625. The molecule has 2 saturated heterocycles. The number of esters is 2. The lowest BCUT2D eigenvalue weighted by molar-refractivity contribution is -0.145. The van der Waals surface area contributed by atoms with Gasteiger partial charge in [-0.3, -0.25) is 19.2 Å². The van der Waals surface area contributed by atoms with E-state index in [-0.39, 0.29) is 48.4 Å². The van der Waals surface area contributed by atoms with Crippen molar-refractivity contribution in [3.8, 4) is 0 Å². The van der Waals surface area contributed by atoms with Gasteiger partial charge in [0, 0.05) is 39.0 Å². The number of nitrogens with zero attached hydrogens (tertiary/aromatic N) is 2. The summed E-state index contributed by atoms with van der Waals surface area (Å²) in [6, 6.07) is 0. The van der Waals surface area contributed by atoms with Gasteiger partial charge in [-0.05, 0) is 31.1 Å². The summed E-state index contributed by atoms with van der Waals surface area (Å²) in [6.45, 7) is 2.35. The van der Waals surface area contributed by atoms with E-state index in [2.05, 4.69) is 0 Å². The number of hydrogen-bond donors (Lipinski definition) is 0. The van der Waals surface area contributed by atoms with Gasteiger partial charge in [0.25, 0.3) is 0 Å². The number of rotatable bonds is 8. The van der Waals surface area contributed by atoms with Gasteiger partial charge in [0.2, 0.25) is 11.8 Å². The highest BCUT2D eigenvalue weighted by Gasteiger charge is 2.36. The van der Waals surface area contributed by atoms with Crippen LogP contribution in [0.25, 0.3) is 0 Å². The molecule has 2 amide bonds. The molecule has 3 rings (SSSR count). The minimum Gasteiger partial charge on any atom is -0.469 e. The molecule has 0 spiro atoms. The number of likely N-dealkylation sites (tertiary alicyclic amines) is 2. The molecular weight excluding hydrogens is 400 g/mol. The maximum absolute atomic E-state index is 12.2. The first-order valence-electron chi connectivity index (χ1n) is 11.6. The lowest BCUT2D eigenvalue weighted by Crippen LogP contribution is -2.30. The molecule has 1 aliphatic carbocycles. The topological polar surface area (TPSA) is 93.2 Å². The number of carbonyl (C=O) groups is 4. The second-order valence-corrected chi connectivity index (χ2v) is 9.36. The summed E-state index contributed by atoms with van der Waals surface area (Å²) < 4.78 is 9.57. The van der Waals surface area contributed by atoms with Crippen molar-refractivity contribution in [2.45, 2.75) is 57.8 Å². The lowest BCUT2D eigenvalue weighted by Gasteiger charge is -2.25. The van der Waals surface area contributed by atoms with E-state index in [0.717, 1.165) is 19.3 Å². The van der Waals surface area contributed by atoms with E-state index in [0.29, 0.717) is 38.0 Å². The monoisotopic (exact) mass is 436 g/mol. The van der Waals surface area contributed by atoms with Crippen LogP contribution in [0.3, 0.4) is 0 Å². The molecule has 174 valence electrons. The molecule has 2 heterocycles. The van der Waals surface area contributed by atoms with Crippen molar-refractivity contribution in [1.29, 1.82) is 0 Å². The summed E-state index contributed by atoms with van der Waals surface area (Å²) in [5.74, 6) is -0.0179. The fraction of sp³-hybridized carbons (Fsp3) is 0.826. The van der Waals surface area contributed by atoms with Gasteiger partial charge in [-0.2, -0.15) is 0 Å². The normalized spacial score (nSPS) is 29.2. The van der Waals surface area contributed by atoms with Crippen LogP contribution in [0.1, 0.15) is 57.8 Å². The first-order chi connectivity index (χ1) is 14.9. The van der Waals surface area contributed by atoms with E-state index in [9.17, 15) is 19.2 Å². The van der Waals surface area contributed by atoms with Gasteiger partial charge in [0.15, 0.2) is 0 Å². The fourth-order valence-corrected chi connectivity index (χ4v) is 5.40. The standard InChI is InChI=1S/C23H36N2O6/c1-30-22(28)18-12-20(26)24(14-18)9-7-16-5-3-4-6-17(11-16)8-10-25-15-19(13-21(25)27)23(29)31-2/h16-19H,3-15H2,1-2H3. The quantitative estimate of drug-likeness (QED) is 0.427. The van der Waals surface area contributed by atoms with E-state index < -0.39 is 0 Å². The number of carbonyl (C=O) groups excluding carboxylic acids is 4. The van der Waals surface area contributed by atoms with Crippen molar-refractivity contribution in [3.63, 3.8) is 0 Å². The third-order valence-corrected chi connectivity index (χ3v) is 7.25. The predicted molar refractivity (Wildman–Crippen MR) is 113 cm³/mol. The van der Waals surface area contributed by atoms with Crippen LogP contribution in [0.5, 0.6) is 0 Å². The number of amides is 2. The van der Waals surface area contributed by atoms with E-state index in [1.165, 1.54) is 39.9 Å². The van der Waals surface area contributed by atoms with Gasteiger partial charge in [0.05, 0.1) is 26.1 Å². The Morgan fingerprint density at radius 1 is 0.806 bits per heavy atom. The van der Waals surface area contributed by atoms with Crippen molar-refractivity contribution in [3.05, 3.63) is 0 Å². The Kier molecular flexibility index (Phi) is 8.32. The fourth-order valence-electron chi connectivity index (χ4n) is 5.40. The van der Waals surface area contributed by atoms with Crippen LogP contribution in [0.15, 0.2) is 0 Å². The Morgan fingerprint density at radius 3 is 1.61 bits per heavy atom. The largest absolute Gasteiger partial charge is 0.469 e. The molecule has 0 aromatic heterocycles. The van der Waals surface area contributed by atoms with E-state index in [4.69, 9.17) is 9.47 Å². The second kappa shape index (κ2) is 11.0. The first-order valence-corrected chi connectivity index (χ1v) is 11.6. The average Bonchev–Trinajstić information content (AvgIpc) is 3.24. The van der Waals surface area contributed by atoms with Crippen LogP contribution < -0.4 is 0 Å². The minimum absolute atomic E-state index is 0.0493. The van der Waals surface area contributed by atoms with Crippen LogP contribution in [-0.2, 0) is 28.7 Å². The SMILES string of the molecule is COC(=O)C1CC(=O)N(CCC2CCCCC(CCN3CC(C(=O)OC)CC3=O)C2)C1. The zero-order chi connectivity index (χ0) is 22.4. The summed E-state index contributed by atoms with van der Waals surface area (Å²) in [7, 11) is 2.74.